The Labute approximate surface area is 123 Å². The number of aryl methyl sites for hydroxylation is 1. The van der Waals surface area contributed by atoms with Gasteiger partial charge in [-0.05, 0) is 18.2 Å². The van der Waals surface area contributed by atoms with Crippen LogP contribution in [0.1, 0.15) is 5.69 Å². The van der Waals surface area contributed by atoms with E-state index in [-0.39, 0.29) is 0 Å². The molecule has 108 valence electrons. The van der Waals surface area contributed by atoms with Gasteiger partial charge in [-0.2, -0.15) is 5.10 Å². The number of alkyl halides is 1. The predicted octanol–water partition coefficient (Wildman–Crippen LogP) is 2.85. The van der Waals surface area contributed by atoms with Gasteiger partial charge in [0.25, 0.3) is 0 Å². The fourth-order valence-corrected chi connectivity index (χ4v) is 2.25. The maximum atomic E-state index is 5.87. The van der Waals surface area contributed by atoms with Gasteiger partial charge in [0.15, 0.2) is 11.5 Å². The summed E-state index contributed by atoms with van der Waals surface area (Å²) < 4.78 is 17.7. The van der Waals surface area contributed by atoms with Crippen molar-refractivity contribution in [2.75, 3.05) is 21.3 Å². The standard InChI is InChI=1S/C14H17ClN2O3/c1-17-10(8-15)7-11(16-17)9-5-12(18-2)14(20-4)13(6-9)19-3/h5-7H,8H2,1-4H3. The Balaban J connectivity index is 2.56. The van der Waals surface area contributed by atoms with Crippen molar-refractivity contribution in [1.82, 2.24) is 9.78 Å². The first-order chi connectivity index (χ1) is 9.64. The van der Waals surface area contributed by atoms with Gasteiger partial charge < -0.3 is 14.2 Å². The van der Waals surface area contributed by atoms with Gasteiger partial charge in [0.1, 0.15) is 0 Å². The van der Waals surface area contributed by atoms with E-state index in [4.69, 9.17) is 25.8 Å². The highest BCUT2D eigenvalue weighted by Crippen LogP contribution is 2.40. The van der Waals surface area contributed by atoms with Crippen LogP contribution in [0.5, 0.6) is 17.2 Å². The van der Waals surface area contributed by atoms with Gasteiger partial charge in [-0.15, -0.1) is 11.6 Å². The van der Waals surface area contributed by atoms with Crippen molar-refractivity contribution in [1.29, 1.82) is 0 Å². The summed E-state index contributed by atoms with van der Waals surface area (Å²) in [5, 5.41) is 4.44. The first-order valence-corrected chi connectivity index (χ1v) is 6.57. The molecule has 6 heteroatoms. The molecule has 0 spiro atoms. The van der Waals surface area contributed by atoms with Crippen LogP contribution in [0.25, 0.3) is 11.3 Å². The number of hydrogen-bond donors (Lipinski definition) is 0. The molecule has 0 fully saturated rings. The van der Waals surface area contributed by atoms with E-state index in [1.54, 1.807) is 26.0 Å². The highest BCUT2D eigenvalue weighted by molar-refractivity contribution is 6.16. The first-order valence-electron chi connectivity index (χ1n) is 6.03. The van der Waals surface area contributed by atoms with Gasteiger partial charge >= 0.3 is 0 Å². The highest BCUT2D eigenvalue weighted by Gasteiger charge is 2.16. The SMILES string of the molecule is COc1cc(-c2cc(CCl)n(C)n2)cc(OC)c1OC. The molecule has 0 aliphatic carbocycles. The summed E-state index contributed by atoms with van der Waals surface area (Å²) in [6.07, 6.45) is 0. The van der Waals surface area contributed by atoms with Crippen LogP contribution < -0.4 is 14.2 Å². The molecule has 2 rings (SSSR count). The van der Waals surface area contributed by atoms with Crippen LogP contribution in [-0.4, -0.2) is 31.1 Å². The smallest absolute Gasteiger partial charge is 0.203 e. The molecular formula is C14H17ClN2O3. The molecule has 1 heterocycles. The molecular weight excluding hydrogens is 280 g/mol. The molecule has 2 aromatic rings. The van der Waals surface area contributed by atoms with E-state index in [1.807, 2.05) is 25.2 Å². The van der Waals surface area contributed by atoms with Gasteiger partial charge in [0.2, 0.25) is 5.75 Å². The Morgan fingerprint density at radius 3 is 2.05 bits per heavy atom. The lowest BCUT2D eigenvalue weighted by Gasteiger charge is -2.13. The Hall–Kier alpha value is -1.88. The molecule has 5 nitrogen and oxygen atoms in total. The zero-order valence-corrected chi connectivity index (χ0v) is 12.7. The largest absolute Gasteiger partial charge is 0.493 e. The van der Waals surface area contributed by atoms with E-state index >= 15 is 0 Å². The second kappa shape index (κ2) is 6.05. The summed E-state index contributed by atoms with van der Waals surface area (Å²) in [6, 6.07) is 5.66. The van der Waals surface area contributed by atoms with Crippen LogP contribution in [0.2, 0.25) is 0 Å². The lowest BCUT2D eigenvalue weighted by Crippen LogP contribution is -1.96. The second-order valence-corrected chi connectivity index (χ2v) is 4.46. The summed E-state index contributed by atoms with van der Waals surface area (Å²) >= 11 is 5.87. The molecule has 0 atom stereocenters. The van der Waals surface area contributed by atoms with Gasteiger partial charge in [-0.3, -0.25) is 4.68 Å². The van der Waals surface area contributed by atoms with Crippen molar-refractivity contribution in [3.63, 3.8) is 0 Å². The quantitative estimate of drug-likeness (QED) is 0.796. The van der Waals surface area contributed by atoms with Crippen LogP contribution in [0.3, 0.4) is 0 Å². The summed E-state index contributed by atoms with van der Waals surface area (Å²) in [6.45, 7) is 0. The molecule has 0 saturated carbocycles. The zero-order valence-electron chi connectivity index (χ0n) is 11.9. The average Bonchev–Trinajstić information content (AvgIpc) is 2.86. The van der Waals surface area contributed by atoms with Crippen molar-refractivity contribution in [2.24, 2.45) is 7.05 Å². The van der Waals surface area contributed by atoms with Crippen molar-refractivity contribution in [2.45, 2.75) is 5.88 Å². The minimum atomic E-state index is 0.411. The number of hydrogen-bond acceptors (Lipinski definition) is 4. The summed E-state index contributed by atoms with van der Waals surface area (Å²) in [5.41, 5.74) is 2.63. The van der Waals surface area contributed by atoms with Crippen LogP contribution in [0, 0.1) is 0 Å². The van der Waals surface area contributed by atoms with Gasteiger partial charge in [-0.1, -0.05) is 0 Å². The van der Waals surface area contributed by atoms with E-state index in [9.17, 15) is 0 Å². The zero-order chi connectivity index (χ0) is 14.7. The number of rotatable bonds is 5. The third kappa shape index (κ3) is 2.54. The van der Waals surface area contributed by atoms with E-state index in [0.717, 1.165) is 17.0 Å². The number of halogens is 1. The van der Waals surface area contributed by atoms with E-state index < -0.39 is 0 Å². The van der Waals surface area contributed by atoms with Crippen molar-refractivity contribution in [3.05, 3.63) is 23.9 Å². The molecule has 0 bridgehead atoms. The fourth-order valence-electron chi connectivity index (χ4n) is 2.00. The molecule has 0 aliphatic heterocycles. The van der Waals surface area contributed by atoms with Crippen LogP contribution in [0.15, 0.2) is 18.2 Å². The third-order valence-electron chi connectivity index (χ3n) is 3.07. The maximum absolute atomic E-state index is 5.87. The maximum Gasteiger partial charge on any atom is 0.203 e. The number of benzene rings is 1. The molecule has 0 N–H and O–H groups in total. The minimum absolute atomic E-state index is 0.411. The molecule has 0 radical (unpaired) electrons. The third-order valence-corrected chi connectivity index (χ3v) is 3.35. The van der Waals surface area contributed by atoms with E-state index in [1.165, 1.54) is 0 Å². The number of nitrogens with zero attached hydrogens (tertiary/aromatic N) is 2. The molecule has 0 unspecified atom stereocenters. The van der Waals surface area contributed by atoms with Crippen molar-refractivity contribution >= 4 is 11.6 Å². The molecule has 0 amide bonds. The van der Waals surface area contributed by atoms with E-state index in [0.29, 0.717) is 23.1 Å². The summed E-state index contributed by atoms with van der Waals surface area (Å²) in [7, 11) is 6.61. The lowest BCUT2D eigenvalue weighted by molar-refractivity contribution is 0.324. The number of aromatic nitrogens is 2. The first kappa shape index (κ1) is 14.5. The van der Waals surface area contributed by atoms with E-state index in [2.05, 4.69) is 5.10 Å². The lowest BCUT2D eigenvalue weighted by atomic mass is 10.1. The Morgan fingerprint density at radius 2 is 1.65 bits per heavy atom. The Morgan fingerprint density at radius 1 is 1.05 bits per heavy atom. The van der Waals surface area contributed by atoms with Crippen LogP contribution >= 0.6 is 11.6 Å². The van der Waals surface area contributed by atoms with Crippen molar-refractivity contribution < 1.29 is 14.2 Å². The minimum Gasteiger partial charge on any atom is -0.493 e. The topological polar surface area (TPSA) is 45.5 Å². The summed E-state index contributed by atoms with van der Waals surface area (Å²) in [4.78, 5) is 0. The van der Waals surface area contributed by atoms with Gasteiger partial charge in [-0.25, -0.2) is 0 Å². The molecule has 0 aliphatic rings. The Kier molecular flexibility index (Phi) is 4.39. The average molecular weight is 297 g/mol. The highest BCUT2D eigenvalue weighted by atomic mass is 35.5. The molecule has 20 heavy (non-hydrogen) atoms. The fraction of sp³-hybridized carbons (Fsp3) is 0.357. The summed E-state index contributed by atoms with van der Waals surface area (Å²) in [5.74, 6) is 2.17. The van der Waals surface area contributed by atoms with Gasteiger partial charge in [0, 0.05) is 12.6 Å². The van der Waals surface area contributed by atoms with Crippen LogP contribution in [0.4, 0.5) is 0 Å². The van der Waals surface area contributed by atoms with Crippen LogP contribution in [-0.2, 0) is 12.9 Å². The van der Waals surface area contributed by atoms with Crippen molar-refractivity contribution in [3.8, 4) is 28.5 Å². The normalized spacial score (nSPS) is 10.4. The van der Waals surface area contributed by atoms with Gasteiger partial charge in [0.05, 0.1) is 38.6 Å². The second-order valence-electron chi connectivity index (χ2n) is 4.19. The predicted molar refractivity (Wildman–Crippen MR) is 77.9 cm³/mol. The molecule has 1 aromatic carbocycles. The number of methoxy groups -OCH3 is 3. The monoisotopic (exact) mass is 296 g/mol. The Bertz CT molecular complexity index is 585. The molecule has 0 saturated heterocycles. The number of ether oxygens (including phenoxy) is 3. The molecule has 1 aromatic heterocycles.